The molecule has 1 aromatic carbocycles. The second-order valence-electron chi connectivity index (χ2n) is 8.15. The molecule has 1 N–H and O–H groups in total. The summed E-state index contributed by atoms with van der Waals surface area (Å²) in [6.45, 7) is 2.11. The van der Waals surface area contributed by atoms with E-state index in [2.05, 4.69) is 18.0 Å². The quantitative estimate of drug-likeness (QED) is 0.596. The van der Waals surface area contributed by atoms with Crippen molar-refractivity contribution in [3.05, 3.63) is 56.4 Å². The van der Waals surface area contributed by atoms with Crippen LogP contribution in [0.15, 0.2) is 29.1 Å². The SMILES string of the molecule is CC1Cc2ccccc2N1C(=O)CCSCc1nc2sc3c(c2c(=O)[nH]1)CCCC3. The zero-order valence-corrected chi connectivity index (χ0v) is 18.7. The summed E-state index contributed by atoms with van der Waals surface area (Å²) in [4.78, 5) is 37.3. The molecule has 1 aliphatic heterocycles. The van der Waals surface area contributed by atoms with Crippen LogP contribution in [0.2, 0.25) is 0 Å². The van der Waals surface area contributed by atoms with Gasteiger partial charge in [0.05, 0.1) is 11.1 Å². The van der Waals surface area contributed by atoms with Gasteiger partial charge in [-0.25, -0.2) is 4.98 Å². The van der Waals surface area contributed by atoms with E-state index in [1.54, 1.807) is 23.1 Å². The normalized spacial score (nSPS) is 17.9. The molecule has 0 fully saturated rings. The number of rotatable bonds is 5. The minimum atomic E-state index is -0.00595. The number of benzene rings is 1. The predicted octanol–water partition coefficient (Wildman–Crippen LogP) is 4.46. The number of nitrogens with zero attached hydrogens (tertiary/aromatic N) is 2. The Morgan fingerprint density at radius 1 is 1.30 bits per heavy atom. The molecule has 5 nitrogen and oxygen atoms in total. The summed E-state index contributed by atoms with van der Waals surface area (Å²) < 4.78 is 0. The summed E-state index contributed by atoms with van der Waals surface area (Å²) in [5.74, 6) is 2.21. The summed E-state index contributed by atoms with van der Waals surface area (Å²) in [6, 6.07) is 8.38. The van der Waals surface area contributed by atoms with Crippen molar-refractivity contribution in [2.45, 2.75) is 57.2 Å². The van der Waals surface area contributed by atoms with E-state index in [9.17, 15) is 9.59 Å². The third-order valence-electron chi connectivity index (χ3n) is 6.05. The Morgan fingerprint density at radius 2 is 2.13 bits per heavy atom. The van der Waals surface area contributed by atoms with E-state index < -0.39 is 0 Å². The number of aromatic amines is 1. The van der Waals surface area contributed by atoms with Gasteiger partial charge in [0, 0.05) is 28.8 Å². The van der Waals surface area contributed by atoms with Gasteiger partial charge < -0.3 is 9.88 Å². The summed E-state index contributed by atoms with van der Waals surface area (Å²) in [5.41, 5.74) is 3.52. The van der Waals surface area contributed by atoms with Crippen LogP contribution in [0.5, 0.6) is 0 Å². The number of carbonyl (C=O) groups is 1. The minimum absolute atomic E-state index is 0.00595. The Labute approximate surface area is 183 Å². The number of para-hydroxylation sites is 1. The number of nitrogens with one attached hydrogen (secondary N) is 1. The Hall–Kier alpha value is -2.12. The topological polar surface area (TPSA) is 66.1 Å². The van der Waals surface area contributed by atoms with Crippen LogP contribution in [0.4, 0.5) is 5.69 Å². The van der Waals surface area contributed by atoms with Gasteiger partial charge in [0.1, 0.15) is 10.7 Å². The van der Waals surface area contributed by atoms with Gasteiger partial charge in [-0.2, -0.15) is 11.8 Å². The van der Waals surface area contributed by atoms with Crippen molar-refractivity contribution in [2.24, 2.45) is 0 Å². The number of thioether (sulfide) groups is 1. The molecule has 5 rings (SSSR count). The van der Waals surface area contributed by atoms with Crippen LogP contribution in [0.3, 0.4) is 0 Å². The highest BCUT2D eigenvalue weighted by Crippen LogP contribution is 2.34. The average molecular weight is 440 g/mol. The molecule has 3 heterocycles. The molecule has 1 amide bonds. The number of aromatic nitrogens is 2. The smallest absolute Gasteiger partial charge is 0.259 e. The van der Waals surface area contributed by atoms with Gasteiger partial charge in [-0.15, -0.1) is 11.3 Å². The number of H-pyrrole nitrogens is 1. The zero-order valence-electron chi connectivity index (χ0n) is 17.1. The number of amides is 1. The lowest BCUT2D eigenvalue weighted by molar-refractivity contribution is -0.118. The Morgan fingerprint density at radius 3 is 3.03 bits per heavy atom. The molecule has 156 valence electrons. The highest BCUT2D eigenvalue weighted by Gasteiger charge is 2.30. The number of fused-ring (bicyclic) bond motifs is 4. The van der Waals surface area contributed by atoms with Crippen LogP contribution in [-0.4, -0.2) is 27.7 Å². The third-order valence-corrected chi connectivity index (χ3v) is 8.21. The van der Waals surface area contributed by atoms with E-state index in [4.69, 9.17) is 4.98 Å². The second-order valence-corrected chi connectivity index (χ2v) is 10.3. The lowest BCUT2D eigenvalue weighted by Crippen LogP contribution is -2.35. The summed E-state index contributed by atoms with van der Waals surface area (Å²) >= 11 is 3.33. The van der Waals surface area contributed by atoms with Crippen LogP contribution in [0.1, 0.15) is 48.0 Å². The van der Waals surface area contributed by atoms with Crippen LogP contribution >= 0.6 is 23.1 Å². The summed E-state index contributed by atoms with van der Waals surface area (Å²) in [6.07, 6.45) is 5.83. The number of hydrogen-bond acceptors (Lipinski definition) is 5. The Kier molecular flexibility index (Phi) is 5.41. The molecule has 1 atom stereocenters. The van der Waals surface area contributed by atoms with E-state index >= 15 is 0 Å². The fourth-order valence-corrected chi connectivity index (χ4v) is 6.75. The van der Waals surface area contributed by atoms with E-state index in [0.717, 1.165) is 41.6 Å². The Bertz CT molecular complexity index is 1170. The van der Waals surface area contributed by atoms with Crippen molar-refractivity contribution in [3.63, 3.8) is 0 Å². The molecule has 1 aliphatic carbocycles. The van der Waals surface area contributed by atoms with Crippen molar-refractivity contribution < 1.29 is 4.79 Å². The molecule has 0 saturated heterocycles. The first kappa shape index (κ1) is 19.8. The van der Waals surface area contributed by atoms with Crippen molar-refractivity contribution in [2.75, 3.05) is 10.7 Å². The largest absolute Gasteiger partial charge is 0.309 e. The number of thiophene rings is 1. The monoisotopic (exact) mass is 439 g/mol. The van der Waals surface area contributed by atoms with Gasteiger partial charge in [-0.05, 0) is 56.2 Å². The molecule has 2 aromatic heterocycles. The molecule has 2 aliphatic rings. The number of hydrogen-bond donors (Lipinski definition) is 1. The van der Waals surface area contributed by atoms with Crippen LogP contribution in [0, 0.1) is 0 Å². The number of aryl methyl sites for hydroxylation is 2. The van der Waals surface area contributed by atoms with Gasteiger partial charge in [-0.1, -0.05) is 18.2 Å². The van der Waals surface area contributed by atoms with Gasteiger partial charge >= 0.3 is 0 Å². The lowest BCUT2D eigenvalue weighted by atomic mass is 9.97. The van der Waals surface area contributed by atoms with Crippen LogP contribution < -0.4 is 10.5 Å². The highest BCUT2D eigenvalue weighted by molar-refractivity contribution is 7.98. The summed E-state index contributed by atoms with van der Waals surface area (Å²) in [7, 11) is 0. The summed E-state index contributed by atoms with van der Waals surface area (Å²) in [5, 5.41) is 0.806. The highest BCUT2D eigenvalue weighted by atomic mass is 32.2. The molecule has 7 heteroatoms. The molecule has 1 unspecified atom stereocenters. The molecule has 0 radical (unpaired) electrons. The van der Waals surface area contributed by atoms with Gasteiger partial charge in [0.15, 0.2) is 0 Å². The zero-order chi connectivity index (χ0) is 20.7. The molecule has 0 bridgehead atoms. The first-order valence-corrected chi connectivity index (χ1v) is 12.6. The van der Waals surface area contributed by atoms with E-state index in [1.165, 1.54) is 22.4 Å². The fraction of sp³-hybridized carbons (Fsp3) is 0.435. The van der Waals surface area contributed by atoms with Crippen LogP contribution in [0.25, 0.3) is 10.2 Å². The average Bonchev–Trinajstić information content (AvgIpc) is 3.27. The molecule has 30 heavy (non-hydrogen) atoms. The van der Waals surface area contributed by atoms with Crippen molar-refractivity contribution in [3.8, 4) is 0 Å². The van der Waals surface area contributed by atoms with Crippen LogP contribution in [-0.2, 0) is 29.8 Å². The van der Waals surface area contributed by atoms with E-state index in [-0.39, 0.29) is 17.5 Å². The fourth-order valence-electron chi connectivity index (χ4n) is 4.67. The van der Waals surface area contributed by atoms with Gasteiger partial charge in [0.25, 0.3) is 5.56 Å². The molecular formula is C23H25N3O2S2. The standard InChI is InChI=1S/C23H25N3O2S2/c1-14-12-15-6-2-4-8-17(15)26(14)20(27)10-11-29-13-19-24-22(28)21-16-7-3-5-9-18(16)30-23(21)25-19/h2,4,6,8,14H,3,5,7,9-13H2,1H3,(H,24,25,28). The van der Waals surface area contributed by atoms with Gasteiger partial charge in [-0.3, -0.25) is 9.59 Å². The lowest BCUT2D eigenvalue weighted by Gasteiger charge is -2.22. The van der Waals surface area contributed by atoms with E-state index in [0.29, 0.717) is 23.8 Å². The predicted molar refractivity (Wildman–Crippen MR) is 125 cm³/mol. The third kappa shape index (κ3) is 3.58. The van der Waals surface area contributed by atoms with Crippen molar-refractivity contribution in [1.29, 1.82) is 0 Å². The van der Waals surface area contributed by atoms with E-state index in [1.807, 2.05) is 23.1 Å². The number of anilines is 1. The molecule has 0 saturated carbocycles. The second kappa shape index (κ2) is 8.19. The number of carbonyl (C=O) groups excluding carboxylic acids is 1. The van der Waals surface area contributed by atoms with Crippen molar-refractivity contribution >= 4 is 44.9 Å². The molecular weight excluding hydrogens is 414 g/mol. The maximum absolute atomic E-state index is 12.8. The maximum atomic E-state index is 12.8. The molecule has 3 aromatic rings. The first-order valence-electron chi connectivity index (χ1n) is 10.6. The Balaban J connectivity index is 1.22. The maximum Gasteiger partial charge on any atom is 0.259 e. The van der Waals surface area contributed by atoms with Crippen molar-refractivity contribution in [1.82, 2.24) is 9.97 Å². The first-order chi connectivity index (χ1) is 14.6. The van der Waals surface area contributed by atoms with Gasteiger partial charge in [0.2, 0.25) is 5.91 Å². The minimum Gasteiger partial charge on any atom is -0.309 e. The molecule has 0 spiro atoms.